The molecule has 6 aromatic carbocycles. The van der Waals surface area contributed by atoms with Crippen LogP contribution in [-0.2, 0) is 0 Å². The van der Waals surface area contributed by atoms with Crippen LogP contribution in [0.15, 0.2) is 134 Å². The van der Waals surface area contributed by atoms with Crippen molar-refractivity contribution in [3.8, 4) is 23.3 Å². The van der Waals surface area contributed by atoms with Gasteiger partial charge in [0.05, 0.1) is 44.7 Å². The maximum Gasteiger partial charge on any atom is 0.235 e. The molecule has 0 spiro atoms. The monoisotopic (exact) mass is 610 g/mol. The van der Waals surface area contributed by atoms with Crippen molar-refractivity contribution >= 4 is 81.7 Å². The number of para-hydroxylation sites is 2. The summed E-state index contributed by atoms with van der Waals surface area (Å²) in [4.78, 5) is 15.2. The Morgan fingerprint density at radius 1 is 0.562 bits per heavy atom. The molecule has 6 heteroatoms. The highest BCUT2D eigenvalue weighted by atomic mass is 15.2. The third-order valence-corrected chi connectivity index (χ3v) is 9.89. The lowest BCUT2D eigenvalue weighted by Gasteiger charge is -2.12. The van der Waals surface area contributed by atoms with Gasteiger partial charge in [0, 0.05) is 49.5 Å². The lowest BCUT2D eigenvalue weighted by atomic mass is 10.0. The molecule has 5 heterocycles. The van der Waals surface area contributed by atoms with Gasteiger partial charge in [0.2, 0.25) is 5.95 Å². The molecule has 0 unspecified atom stereocenters. The summed E-state index contributed by atoms with van der Waals surface area (Å²) < 4.78 is 4.69. The first-order valence-electron chi connectivity index (χ1n) is 15.9. The highest BCUT2D eigenvalue weighted by molar-refractivity contribution is 6.36. The van der Waals surface area contributed by atoms with Crippen LogP contribution in [-0.4, -0.2) is 23.9 Å². The summed E-state index contributed by atoms with van der Waals surface area (Å²) in [5, 5.41) is 19.3. The number of pyridine rings is 1. The van der Waals surface area contributed by atoms with E-state index in [1.165, 1.54) is 48.9 Å². The molecule has 0 aliphatic rings. The van der Waals surface area contributed by atoms with Crippen molar-refractivity contribution < 1.29 is 0 Å². The normalized spacial score (nSPS) is 12.1. The van der Waals surface area contributed by atoms with Crippen LogP contribution in [0.3, 0.4) is 0 Å². The van der Waals surface area contributed by atoms with Gasteiger partial charge in [0.25, 0.3) is 0 Å². The molecule has 0 saturated heterocycles. The second-order valence-corrected chi connectivity index (χ2v) is 12.4. The Bertz CT molecular complexity index is 3200. The quantitative estimate of drug-likeness (QED) is 0.195. The first-order valence-corrected chi connectivity index (χ1v) is 15.9. The first-order chi connectivity index (χ1) is 23.8. The fourth-order valence-corrected chi connectivity index (χ4v) is 7.96. The van der Waals surface area contributed by atoms with Crippen LogP contribution >= 0.6 is 0 Å². The predicted molar refractivity (Wildman–Crippen MR) is 194 cm³/mol. The second-order valence-electron chi connectivity index (χ2n) is 12.4. The standard InChI is InChI=1S/C42H22N6/c43-23-24-9-7-11-26(21-24)37-38-33(15-8-20-44-38)45-42(46-37)48-35-17-6-4-14-29(35)32-22-31-28-13-3-5-16-34(28)47-39-27-12-2-1-10-25(27)18-19-30(39)36(40(31)47)41(32)48/h1-22H. The summed E-state index contributed by atoms with van der Waals surface area (Å²) in [5.41, 5.74) is 9.22. The zero-order valence-electron chi connectivity index (χ0n) is 25.4. The van der Waals surface area contributed by atoms with Gasteiger partial charge in [-0.05, 0) is 47.9 Å². The van der Waals surface area contributed by atoms with Gasteiger partial charge in [-0.25, -0.2) is 9.97 Å². The molecule has 11 rings (SSSR count). The average Bonchev–Trinajstić information content (AvgIpc) is 3.79. The lowest BCUT2D eigenvalue weighted by Crippen LogP contribution is -2.04. The molecule has 0 radical (unpaired) electrons. The number of rotatable bonds is 2. The van der Waals surface area contributed by atoms with Gasteiger partial charge >= 0.3 is 0 Å². The molecule has 0 saturated carbocycles. The van der Waals surface area contributed by atoms with Crippen LogP contribution in [0.4, 0.5) is 0 Å². The van der Waals surface area contributed by atoms with Crippen molar-refractivity contribution in [2.75, 3.05) is 0 Å². The summed E-state index contributed by atoms with van der Waals surface area (Å²) in [6.45, 7) is 0. The maximum absolute atomic E-state index is 9.71. The molecule has 0 aliphatic heterocycles. The van der Waals surface area contributed by atoms with Crippen molar-refractivity contribution in [3.63, 3.8) is 0 Å². The van der Waals surface area contributed by atoms with E-state index in [0.717, 1.165) is 32.9 Å². The van der Waals surface area contributed by atoms with Crippen molar-refractivity contribution in [1.82, 2.24) is 23.9 Å². The van der Waals surface area contributed by atoms with Gasteiger partial charge < -0.3 is 4.40 Å². The fraction of sp³-hybridized carbons (Fsp3) is 0. The molecular weight excluding hydrogens is 589 g/mol. The second kappa shape index (κ2) is 9.12. The SMILES string of the molecule is N#Cc1cccc(-c2nc(-n3c4ccccc4c4cc5c6ccccc6n6c7c8ccccc8ccc7c(c43)c56)nc3cccnc23)c1. The predicted octanol–water partition coefficient (Wildman–Crippen LogP) is 9.96. The van der Waals surface area contributed by atoms with Crippen molar-refractivity contribution in [1.29, 1.82) is 5.26 Å². The summed E-state index contributed by atoms with van der Waals surface area (Å²) in [6, 6.07) is 46.5. The number of benzene rings is 6. The van der Waals surface area contributed by atoms with Crippen LogP contribution in [0.5, 0.6) is 0 Å². The Balaban J connectivity index is 1.39. The molecule has 6 nitrogen and oxygen atoms in total. The van der Waals surface area contributed by atoms with E-state index in [1.807, 2.05) is 30.3 Å². The molecule has 0 amide bonds. The smallest absolute Gasteiger partial charge is 0.235 e. The Morgan fingerprint density at radius 2 is 1.33 bits per heavy atom. The van der Waals surface area contributed by atoms with Gasteiger partial charge in [0.15, 0.2) is 0 Å². The van der Waals surface area contributed by atoms with Gasteiger partial charge in [-0.3, -0.25) is 9.55 Å². The van der Waals surface area contributed by atoms with Crippen molar-refractivity contribution in [2.45, 2.75) is 0 Å². The third kappa shape index (κ3) is 3.17. The van der Waals surface area contributed by atoms with E-state index >= 15 is 0 Å². The molecule has 220 valence electrons. The highest BCUT2D eigenvalue weighted by Crippen LogP contribution is 2.47. The van der Waals surface area contributed by atoms with Crippen molar-refractivity contribution in [2.24, 2.45) is 0 Å². The Hall–Kier alpha value is -6.84. The minimum Gasteiger partial charge on any atom is -0.307 e. The Labute approximate surface area is 272 Å². The molecule has 0 bridgehead atoms. The van der Waals surface area contributed by atoms with E-state index in [-0.39, 0.29) is 0 Å². The molecule has 48 heavy (non-hydrogen) atoms. The van der Waals surface area contributed by atoms with Crippen LogP contribution in [0, 0.1) is 11.3 Å². The number of hydrogen-bond donors (Lipinski definition) is 0. The fourth-order valence-electron chi connectivity index (χ4n) is 7.96. The largest absolute Gasteiger partial charge is 0.307 e. The molecule has 0 atom stereocenters. The van der Waals surface area contributed by atoms with Crippen LogP contribution < -0.4 is 0 Å². The van der Waals surface area contributed by atoms with Crippen LogP contribution in [0.1, 0.15) is 5.56 Å². The minimum atomic E-state index is 0.562. The summed E-state index contributed by atoms with van der Waals surface area (Å²) in [5.74, 6) is 0.562. The van der Waals surface area contributed by atoms with E-state index in [0.29, 0.717) is 22.7 Å². The first kappa shape index (κ1) is 25.4. The van der Waals surface area contributed by atoms with E-state index < -0.39 is 0 Å². The molecule has 11 aromatic rings. The Morgan fingerprint density at radius 3 is 2.21 bits per heavy atom. The molecule has 0 aliphatic carbocycles. The van der Waals surface area contributed by atoms with E-state index in [9.17, 15) is 5.26 Å². The van der Waals surface area contributed by atoms with Crippen LogP contribution in [0.25, 0.3) is 98.9 Å². The van der Waals surface area contributed by atoms with E-state index in [4.69, 9.17) is 15.0 Å². The Kier molecular flexibility index (Phi) is 4.82. The van der Waals surface area contributed by atoms with E-state index in [1.54, 1.807) is 12.3 Å². The number of hydrogen-bond acceptors (Lipinski definition) is 4. The summed E-state index contributed by atoms with van der Waals surface area (Å²) >= 11 is 0. The lowest BCUT2D eigenvalue weighted by molar-refractivity contribution is 1.01. The highest BCUT2D eigenvalue weighted by Gasteiger charge is 2.26. The van der Waals surface area contributed by atoms with Gasteiger partial charge in [0.1, 0.15) is 11.2 Å². The molecule has 0 fully saturated rings. The topological polar surface area (TPSA) is 71.8 Å². The van der Waals surface area contributed by atoms with Crippen molar-refractivity contribution in [3.05, 3.63) is 139 Å². The molecule has 5 aromatic heterocycles. The van der Waals surface area contributed by atoms with Gasteiger partial charge in [-0.2, -0.15) is 5.26 Å². The number of nitriles is 1. The van der Waals surface area contributed by atoms with Crippen LogP contribution in [0.2, 0.25) is 0 Å². The third-order valence-electron chi connectivity index (χ3n) is 9.89. The van der Waals surface area contributed by atoms with Gasteiger partial charge in [-0.1, -0.05) is 84.9 Å². The minimum absolute atomic E-state index is 0.562. The number of aromatic nitrogens is 5. The summed E-state index contributed by atoms with van der Waals surface area (Å²) in [6.07, 6.45) is 1.76. The number of fused-ring (bicyclic) bond motifs is 13. The summed E-state index contributed by atoms with van der Waals surface area (Å²) in [7, 11) is 0. The van der Waals surface area contributed by atoms with E-state index in [2.05, 4.69) is 106 Å². The average molecular weight is 611 g/mol. The number of nitrogens with zero attached hydrogens (tertiary/aromatic N) is 6. The maximum atomic E-state index is 9.71. The molecule has 0 N–H and O–H groups in total. The zero-order valence-corrected chi connectivity index (χ0v) is 25.4. The van der Waals surface area contributed by atoms with Gasteiger partial charge in [-0.15, -0.1) is 0 Å². The zero-order chi connectivity index (χ0) is 31.5. The molecular formula is C42H22N6.